The summed E-state index contributed by atoms with van der Waals surface area (Å²) in [5.41, 5.74) is 0.00633. The molecule has 0 radical (unpaired) electrons. The zero-order valence-corrected chi connectivity index (χ0v) is 15.3. The van der Waals surface area contributed by atoms with E-state index in [-0.39, 0.29) is 30.0 Å². The minimum Gasteiger partial charge on any atom is -0.463 e. The quantitative estimate of drug-likeness (QED) is 0.632. The summed E-state index contributed by atoms with van der Waals surface area (Å²) in [5, 5.41) is 4.73. The van der Waals surface area contributed by atoms with Gasteiger partial charge in [0, 0.05) is 0 Å². The Morgan fingerprint density at radius 3 is 2.36 bits per heavy atom. The Labute approximate surface area is 158 Å². The van der Waals surface area contributed by atoms with Crippen LogP contribution in [0.4, 0.5) is 13.6 Å². The van der Waals surface area contributed by atoms with Crippen LogP contribution in [0, 0.1) is 0 Å². The summed E-state index contributed by atoms with van der Waals surface area (Å²) in [4.78, 5) is 34.8. The van der Waals surface area contributed by atoms with E-state index in [0.29, 0.717) is 0 Å². The van der Waals surface area contributed by atoms with E-state index in [2.05, 4.69) is 10.6 Å². The fourth-order valence-electron chi connectivity index (χ4n) is 2.17. The number of hydrogen-bond acceptors (Lipinski definition) is 7. The number of sulfone groups is 1. The van der Waals surface area contributed by atoms with Gasteiger partial charge in [0.2, 0.25) is 9.84 Å². The highest BCUT2D eigenvalue weighted by Gasteiger charge is 2.27. The molecule has 9 nitrogen and oxygen atoms in total. The average molecular weight is 418 g/mol. The van der Waals surface area contributed by atoms with E-state index in [1.807, 2.05) is 0 Å². The highest BCUT2D eigenvalue weighted by molar-refractivity contribution is 7.91. The number of benzene rings is 1. The molecule has 0 fully saturated rings. The van der Waals surface area contributed by atoms with Crippen LogP contribution in [0.5, 0.6) is 0 Å². The fourth-order valence-corrected chi connectivity index (χ4v) is 2.89. The van der Waals surface area contributed by atoms with Crippen LogP contribution >= 0.6 is 0 Å². The second-order valence-electron chi connectivity index (χ2n) is 5.39. The first-order chi connectivity index (χ1) is 13.2. The molecule has 2 N–H and O–H groups in total. The number of carbonyl (C=O) groups is 3. The third-order valence-electron chi connectivity index (χ3n) is 3.58. The Morgan fingerprint density at radius 1 is 1.14 bits per heavy atom. The van der Waals surface area contributed by atoms with E-state index >= 15 is 0 Å². The van der Waals surface area contributed by atoms with Crippen molar-refractivity contribution in [3.63, 3.8) is 0 Å². The number of esters is 2. The summed E-state index contributed by atoms with van der Waals surface area (Å²) in [7, 11) is -4.78. The smallest absolute Gasteiger partial charge is 0.341 e. The molecule has 0 spiro atoms. The number of halogens is 2. The van der Waals surface area contributed by atoms with E-state index in [9.17, 15) is 31.6 Å². The summed E-state index contributed by atoms with van der Waals surface area (Å²) < 4.78 is 57.6. The van der Waals surface area contributed by atoms with Gasteiger partial charge in [0.25, 0.3) is 0 Å². The maximum Gasteiger partial charge on any atom is 0.341 e. The molecule has 1 aliphatic rings. The van der Waals surface area contributed by atoms with Crippen molar-refractivity contribution in [3.8, 4) is 0 Å². The SMILES string of the molecule is CCOC(=O)C1=C(COC(=O)c2ccc(S(=O)(=O)C(F)F)cc2)NC(=O)NC1. The largest absolute Gasteiger partial charge is 0.463 e. The third-order valence-corrected chi connectivity index (χ3v) is 4.98. The van der Waals surface area contributed by atoms with Crippen LogP contribution < -0.4 is 10.6 Å². The van der Waals surface area contributed by atoms with Gasteiger partial charge in [-0.05, 0) is 31.2 Å². The molecule has 12 heteroatoms. The molecule has 1 aromatic rings. The van der Waals surface area contributed by atoms with Gasteiger partial charge in [-0.25, -0.2) is 22.8 Å². The highest BCUT2D eigenvalue weighted by Crippen LogP contribution is 2.19. The molecule has 28 heavy (non-hydrogen) atoms. The van der Waals surface area contributed by atoms with Crippen LogP contribution in [0.1, 0.15) is 17.3 Å². The van der Waals surface area contributed by atoms with Gasteiger partial charge in [-0.3, -0.25) is 0 Å². The van der Waals surface area contributed by atoms with Gasteiger partial charge in [-0.15, -0.1) is 0 Å². The Morgan fingerprint density at radius 2 is 1.79 bits per heavy atom. The van der Waals surface area contributed by atoms with Gasteiger partial charge in [0.1, 0.15) is 6.61 Å². The molecule has 152 valence electrons. The van der Waals surface area contributed by atoms with Gasteiger partial charge >= 0.3 is 23.7 Å². The van der Waals surface area contributed by atoms with Crippen LogP contribution in [0.25, 0.3) is 0 Å². The predicted octanol–water partition coefficient (Wildman–Crippen LogP) is 0.970. The molecule has 0 atom stereocenters. The number of amides is 2. The normalized spacial score (nSPS) is 14.4. The van der Waals surface area contributed by atoms with Crippen LogP contribution in [0.3, 0.4) is 0 Å². The molecule has 0 bridgehead atoms. The summed E-state index contributed by atoms with van der Waals surface area (Å²) >= 11 is 0. The second-order valence-corrected chi connectivity index (χ2v) is 7.31. The van der Waals surface area contributed by atoms with E-state index < -0.39 is 45.1 Å². The second kappa shape index (κ2) is 8.78. The van der Waals surface area contributed by atoms with Crippen molar-refractivity contribution >= 4 is 27.8 Å². The van der Waals surface area contributed by atoms with Crippen LogP contribution in [0.2, 0.25) is 0 Å². The molecular formula is C16H16F2N2O7S. The molecule has 1 heterocycles. The lowest BCUT2D eigenvalue weighted by Gasteiger charge is -2.21. The number of ether oxygens (including phenoxy) is 2. The van der Waals surface area contributed by atoms with Gasteiger partial charge in [-0.2, -0.15) is 8.78 Å². The molecular weight excluding hydrogens is 402 g/mol. The maximum atomic E-state index is 12.5. The minimum atomic E-state index is -4.78. The molecule has 0 aliphatic carbocycles. The average Bonchev–Trinajstić information content (AvgIpc) is 2.66. The Balaban J connectivity index is 2.11. The van der Waals surface area contributed by atoms with Crippen molar-refractivity contribution in [3.05, 3.63) is 41.1 Å². The number of hydrogen-bond donors (Lipinski definition) is 2. The van der Waals surface area contributed by atoms with E-state index in [4.69, 9.17) is 9.47 Å². The van der Waals surface area contributed by atoms with Crippen LogP contribution in [-0.2, 0) is 24.1 Å². The van der Waals surface area contributed by atoms with Gasteiger partial charge in [0.05, 0.1) is 34.9 Å². The monoisotopic (exact) mass is 418 g/mol. The Kier molecular flexibility index (Phi) is 6.67. The first-order valence-electron chi connectivity index (χ1n) is 7.90. The lowest BCUT2D eigenvalue weighted by atomic mass is 10.1. The molecule has 0 saturated heterocycles. The lowest BCUT2D eigenvalue weighted by molar-refractivity contribution is -0.138. The Bertz CT molecular complexity index is 911. The summed E-state index contributed by atoms with van der Waals surface area (Å²) in [6.45, 7) is 1.14. The summed E-state index contributed by atoms with van der Waals surface area (Å²) in [5.74, 6) is -5.19. The van der Waals surface area contributed by atoms with E-state index in [1.165, 1.54) is 0 Å². The molecule has 0 saturated carbocycles. The first-order valence-corrected chi connectivity index (χ1v) is 9.44. The number of urea groups is 1. The zero-order valence-electron chi connectivity index (χ0n) is 14.5. The topological polar surface area (TPSA) is 128 Å². The van der Waals surface area contributed by atoms with Crippen molar-refractivity contribution in [2.45, 2.75) is 17.6 Å². The van der Waals surface area contributed by atoms with E-state index in [0.717, 1.165) is 24.3 Å². The molecule has 1 aromatic carbocycles. The summed E-state index contributed by atoms with van der Waals surface area (Å²) in [6, 6.07) is 3.14. The lowest BCUT2D eigenvalue weighted by Crippen LogP contribution is -2.45. The molecule has 0 aromatic heterocycles. The predicted molar refractivity (Wildman–Crippen MR) is 90.1 cm³/mol. The highest BCUT2D eigenvalue weighted by atomic mass is 32.2. The van der Waals surface area contributed by atoms with Crippen LogP contribution in [-0.4, -0.2) is 51.9 Å². The van der Waals surface area contributed by atoms with Crippen molar-refractivity contribution in [2.75, 3.05) is 19.8 Å². The fraction of sp³-hybridized carbons (Fsp3) is 0.312. The number of alkyl halides is 2. The molecule has 2 amide bonds. The molecule has 1 aliphatic heterocycles. The van der Waals surface area contributed by atoms with Crippen molar-refractivity contribution in [1.82, 2.24) is 10.6 Å². The summed E-state index contributed by atoms with van der Waals surface area (Å²) in [6.07, 6.45) is 0. The van der Waals surface area contributed by atoms with Gasteiger partial charge < -0.3 is 20.1 Å². The number of rotatable bonds is 7. The van der Waals surface area contributed by atoms with E-state index in [1.54, 1.807) is 6.92 Å². The Hall–Kier alpha value is -3.02. The molecule has 0 unspecified atom stereocenters. The third kappa shape index (κ3) is 4.82. The molecule has 2 rings (SSSR count). The zero-order chi connectivity index (χ0) is 20.9. The van der Waals surface area contributed by atoms with Gasteiger partial charge in [0.15, 0.2) is 0 Å². The van der Waals surface area contributed by atoms with Crippen LogP contribution in [0.15, 0.2) is 40.4 Å². The van der Waals surface area contributed by atoms with Crippen molar-refractivity contribution in [2.24, 2.45) is 0 Å². The maximum absolute atomic E-state index is 12.5. The number of nitrogens with one attached hydrogen (secondary N) is 2. The first kappa shape index (κ1) is 21.3. The van der Waals surface area contributed by atoms with Gasteiger partial charge in [-0.1, -0.05) is 0 Å². The van der Waals surface area contributed by atoms with Crippen molar-refractivity contribution in [1.29, 1.82) is 0 Å². The minimum absolute atomic E-state index is 0.0347. The standard InChI is InChI=1S/C16H16F2N2O7S/c1-2-26-14(22)11-7-19-16(23)20-12(11)8-27-13(21)9-3-5-10(6-4-9)28(24,25)15(17)18/h3-6,15H,2,7-8H2,1H3,(H2,19,20,23). The number of carbonyl (C=O) groups excluding carboxylic acids is 3. The van der Waals surface area contributed by atoms with Crippen molar-refractivity contribution < 1.29 is 41.1 Å².